The Morgan fingerprint density at radius 2 is 1.67 bits per heavy atom. The van der Waals surface area contributed by atoms with E-state index in [1.165, 1.54) is 6.07 Å². The second-order valence-corrected chi connectivity index (χ2v) is 6.58. The molecule has 5 nitrogen and oxygen atoms in total. The fourth-order valence-electron chi connectivity index (χ4n) is 3.04. The van der Waals surface area contributed by atoms with E-state index in [4.69, 9.17) is 0 Å². The van der Waals surface area contributed by atoms with Crippen LogP contribution in [-0.2, 0) is 0 Å². The molecule has 2 N–H and O–H groups in total. The summed E-state index contributed by atoms with van der Waals surface area (Å²) < 4.78 is 1.79. The molecule has 0 aliphatic carbocycles. The molecule has 0 radical (unpaired) electrons. The number of amides is 1. The van der Waals surface area contributed by atoms with Crippen molar-refractivity contribution in [3.63, 3.8) is 0 Å². The number of phenols is 1. The van der Waals surface area contributed by atoms with E-state index in [-0.39, 0.29) is 11.7 Å². The van der Waals surface area contributed by atoms with Gasteiger partial charge in [-0.1, -0.05) is 48.0 Å². The van der Waals surface area contributed by atoms with Crippen molar-refractivity contribution >= 4 is 17.2 Å². The summed E-state index contributed by atoms with van der Waals surface area (Å²) in [6.45, 7) is 3.98. The highest BCUT2D eigenvalue weighted by molar-refractivity contribution is 6.08. The average molecular weight is 357 g/mol. The van der Waals surface area contributed by atoms with Gasteiger partial charge in [0.2, 0.25) is 0 Å². The van der Waals surface area contributed by atoms with Crippen LogP contribution in [0.1, 0.15) is 21.6 Å². The molecule has 0 spiro atoms. The molecule has 0 aliphatic heterocycles. The normalized spacial score (nSPS) is 10.9. The van der Waals surface area contributed by atoms with Gasteiger partial charge < -0.3 is 10.4 Å². The lowest BCUT2D eigenvalue weighted by Gasteiger charge is -2.09. The molecule has 134 valence electrons. The van der Waals surface area contributed by atoms with E-state index in [9.17, 15) is 9.90 Å². The number of rotatable bonds is 3. The number of fused-ring (bicyclic) bond motifs is 1. The lowest BCUT2D eigenvalue weighted by Crippen LogP contribution is -2.15. The summed E-state index contributed by atoms with van der Waals surface area (Å²) >= 11 is 0. The van der Waals surface area contributed by atoms with E-state index in [2.05, 4.69) is 10.3 Å². The summed E-state index contributed by atoms with van der Waals surface area (Å²) in [6, 6.07) is 18.4. The van der Waals surface area contributed by atoms with Crippen molar-refractivity contribution in [1.29, 1.82) is 0 Å². The summed E-state index contributed by atoms with van der Waals surface area (Å²) in [4.78, 5) is 17.8. The third-order valence-corrected chi connectivity index (χ3v) is 4.46. The number of phenolic OH excluding ortho intramolecular Hbond substituents is 1. The van der Waals surface area contributed by atoms with Crippen molar-refractivity contribution in [2.75, 3.05) is 5.32 Å². The number of carbonyl (C=O) groups is 1. The van der Waals surface area contributed by atoms with E-state index < -0.39 is 0 Å². The fourth-order valence-corrected chi connectivity index (χ4v) is 3.04. The van der Waals surface area contributed by atoms with Crippen molar-refractivity contribution in [2.45, 2.75) is 13.8 Å². The van der Waals surface area contributed by atoms with Crippen LogP contribution in [0.4, 0.5) is 5.69 Å². The lowest BCUT2D eigenvalue weighted by molar-refractivity contribution is 0.102. The number of nitrogens with zero attached hydrogens (tertiary/aromatic N) is 2. The Morgan fingerprint density at radius 3 is 2.41 bits per heavy atom. The maximum atomic E-state index is 13.1. The minimum absolute atomic E-state index is 0.0211. The van der Waals surface area contributed by atoms with E-state index in [1.54, 1.807) is 22.6 Å². The van der Waals surface area contributed by atoms with Crippen LogP contribution in [0.25, 0.3) is 16.9 Å². The summed E-state index contributed by atoms with van der Waals surface area (Å²) in [5.74, 6) is -0.307. The van der Waals surface area contributed by atoms with Gasteiger partial charge in [0.25, 0.3) is 5.91 Å². The molecule has 0 saturated carbocycles. The Labute approximate surface area is 156 Å². The highest BCUT2D eigenvalue weighted by Crippen LogP contribution is 2.28. The number of aryl methyl sites for hydroxylation is 2. The van der Waals surface area contributed by atoms with Gasteiger partial charge in [0.15, 0.2) is 0 Å². The third kappa shape index (κ3) is 3.15. The summed E-state index contributed by atoms with van der Waals surface area (Å²) in [7, 11) is 0. The number of carbonyl (C=O) groups excluding carboxylic acids is 1. The predicted molar refractivity (Wildman–Crippen MR) is 106 cm³/mol. The minimum Gasteiger partial charge on any atom is -0.506 e. The molecule has 1 amide bonds. The van der Waals surface area contributed by atoms with Crippen LogP contribution in [0, 0.1) is 13.8 Å². The molecule has 0 saturated heterocycles. The molecule has 0 atom stereocenters. The van der Waals surface area contributed by atoms with Gasteiger partial charge in [-0.3, -0.25) is 9.20 Å². The maximum absolute atomic E-state index is 13.1. The van der Waals surface area contributed by atoms with Gasteiger partial charge in [0.05, 0.1) is 5.69 Å². The van der Waals surface area contributed by atoms with Crippen molar-refractivity contribution in [3.05, 3.63) is 83.7 Å². The highest BCUT2D eigenvalue weighted by atomic mass is 16.3. The van der Waals surface area contributed by atoms with E-state index in [1.807, 2.05) is 56.4 Å². The number of para-hydroxylation sites is 2. The molecular weight excluding hydrogens is 338 g/mol. The number of benzene rings is 2. The number of aromatic nitrogens is 2. The van der Waals surface area contributed by atoms with Crippen LogP contribution in [0.2, 0.25) is 0 Å². The number of aromatic hydroxyl groups is 1. The molecule has 2 aromatic heterocycles. The molecule has 2 heterocycles. The third-order valence-electron chi connectivity index (χ3n) is 4.46. The molecule has 0 unspecified atom stereocenters. The van der Waals surface area contributed by atoms with Gasteiger partial charge in [0.1, 0.15) is 22.8 Å². The first kappa shape index (κ1) is 16.8. The summed E-state index contributed by atoms with van der Waals surface area (Å²) in [6.07, 6.45) is 1.89. The number of hydrogen-bond acceptors (Lipinski definition) is 3. The van der Waals surface area contributed by atoms with Gasteiger partial charge in [-0.25, -0.2) is 4.98 Å². The lowest BCUT2D eigenvalue weighted by atomic mass is 10.1. The second-order valence-electron chi connectivity index (χ2n) is 6.58. The number of imidazole rings is 1. The van der Waals surface area contributed by atoms with Crippen LogP contribution in [0.3, 0.4) is 0 Å². The number of hydrogen-bond donors (Lipinski definition) is 2. The van der Waals surface area contributed by atoms with Crippen LogP contribution in [0.15, 0.2) is 66.9 Å². The van der Waals surface area contributed by atoms with Crippen molar-refractivity contribution < 1.29 is 9.90 Å². The van der Waals surface area contributed by atoms with Gasteiger partial charge in [-0.15, -0.1) is 0 Å². The topological polar surface area (TPSA) is 66.6 Å². The smallest absolute Gasteiger partial charge is 0.275 e. The molecule has 0 aliphatic rings. The Bertz CT molecular complexity index is 1140. The molecule has 5 heteroatoms. The number of anilines is 1. The Kier molecular flexibility index (Phi) is 4.12. The van der Waals surface area contributed by atoms with Crippen LogP contribution in [0.5, 0.6) is 5.75 Å². The van der Waals surface area contributed by atoms with Crippen LogP contribution >= 0.6 is 0 Å². The van der Waals surface area contributed by atoms with Crippen molar-refractivity contribution in [1.82, 2.24) is 9.38 Å². The van der Waals surface area contributed by atoms with E-state index >= 15 is 0 Å². The van der Waals surface area contributed by atoms with Gasteiger partial charge in [0, 0.05) is 11.8 Å². The zero-order valence-corrected chi connectivity index (χ0v) is 15.1. The number of nitrogens with one attached hydrogen (secondary N) is 1. The predicted octanol–water partition coefficient (Wildman–Crippen LogP) is 4.58. The molecule has 4 aromatic rings. The summed E-state index contributed by atoms with van der Waals surface area (Å²) in [5.41, 5.74) is 5.11. The van der Waals surface area contributed by atoms with Crippen LogP contribution in [-0.4, -0.2) is 20.4 Å². The SMILES string of the molecule is Cc1ccc(-c2nc3ccc(C)cn3c2C(=O)Nc2ccccc2O)cc1. The molecule has 0 bridgehead atoms. The van der Waals surface area contributed by atoms with Crippen molar-refractivity contribution in [3.8, 4) is 17.0 Å². The average Bonchev–Trinajstić information content (AvgIpc) is 3.03. The largest absolute Gasteiger partial charge is 0.506 e. The molecule has 4 rings (SSSR count). The Hall–Kier alpha value is -3.60. The quantitative estimate of drug-likeness (QED) is 0.528. The fraction of sp³-hybridized carbons (Fsp3) is 0.0909. The van der Waals surface area contributed by atoms with Crippen molar-refractivity contribution in [2.24, 2.45) is 0 Å². The first-order valence-electron chi connectivity index (χ1n) is 8.68. The molecular formula is C22H19N3O2. The minimum atomic E-state index is -0.329. The standard InChI is InChI=1S/C22H19N3O2/c1-14-7-10-16(11-8-14)20-21(25-13-15(2)9-12-19(25)24-20)22(27)23-17-5-3-4-6-18(17)26/h3-13,26H,1-2H3,(H,23,27). The maximum Gasteiger partial charge on any atom is 0.275 e. The van der Waals surface area contributed by atoms with E-state index in [0.29, 0.717) is 22.7 Å². The first-order valence-corrected chi connectivity index (χ1v) is 8.68. The van der Waals surface area contributed by atoms with Crippen LogP contribution < -0.4 is 5.32 Å². The number of pyridine rings is 1. The zero-order valence-electron chi connectivity index (χ0n) is 15.1. The van der Waals surface area contributed by atoms with Gasteiger partial charge in [-0.2, -0.15) is 0 Å². The monoisotopic (exact) mass is 357 g/mol. The van der Waals surface area contributed by atoms with Gasteiger partial charge >= 0.3 is 0 Å². The Balaban J connectivity index is 1.87. The van der Waals surface area contributed by atoms with Gasteiger partial charge in [-0.05, 0) is 37.6 Å². The Morgan fingerprint density at radius 1 is 0.963 bits per heavy atom. The molecule has 27 heavy (non-hydrogen) atoms. The second kappa shape index (κ2) is 6.61. The zero-order chi connectivity index (χ0) is 19.0. The summed E-state index contributed by atoms with van der Waals surface area (Å²) in [5, 5.41) is 12.8. The molecule has 2 aromatic carbocycles. The van der Waals surface area contributed by atoms with E-state index in [0.717, 1.165) is 16.7 Å². The molecule has 0 fully saturated rings. The first-order chi connectivity index (χ1) is 13.0. The highest BCUT2D eigenvalue weighted by Gasteiger charge is 2.21.